The van der Waals surface area contributed by atoms with Crippen LogP contribution >= 0.6 is 12.4 Å². The van der Waals surface area contributed by atoms with Crippen molar-refractivity contribution in [3.63, 3.8) is 0 Å². The summed E-state index contributed by atoms with van der Waals surface area (Å²) in [6.45, 7) is 2.01. The first-order valence-electron chi connectivity index (χ1n) is 10.3. The van der Waals surface area contributed by atoms with Crippen molar-refractivity contribution in [3.8, 4) is 11.5 Å². The number of fused-ring (bicyclic) bond motifs is 3. The van der Waals surface area contributed by atoms with E-state index in [1.165, 1.54) is 5.56 Å². The smallest absolute Gasteiger partial charge is 0.253 e. The molecule has 1 amide bonds. The summed E-state index contributed by atoms with van der Waals surface area (Å²) in [6, 6.07) is 12.1. The third kappa shape index (κ3) is 4.27. The predicted molar refractivity (Wildman–Crippen MR) is 126 cm³/mol. The zero-order chi connectivity index (χ0) is 21.4. The maximum absolute atomic E-state index is 12.3. The lowest BCUT2D eigenvalue weighted by atomic mass is 9.79. The largest absolute Gasteiger partial charge is 0.493 e. The first-order chi connectivity index (χ1) is 14.4. The van der Waals surface area contributed by atoms with E-state index in [0.29, 0.717) is 17.2 Å². The number of amides is 1. The Morgan fingerprint density at radius 2 is 1.74 bits per heavy atom. The second-order valence-corrected chi connectivity index (χ2v) is 8.27. The number of carbonyl (C=O) groups is 1. The fourth-order valence-corrected chi connectivity index (χ4v) is 4.46. The average molecular weight is 444 g/mol. The number of carbonyl (C=O) groups excluding carboxylic acids is 1. The van der Waals surface area contributed by atoms with Gasteiger partial charge >= 0.3 is 0 Å². The number of rotatable bonds is 4. The normalized spacial score (nSPS) is 20.0. The lowest BCUT2D eigenvalue weighted by Gasteiger charge is -2.39. The molecular weight excluding hydrogens is 414 g/mol. The van der Waals surface area contributed by atoms with Crippen LogP contribution in [-0.2, 0) is 0 Å². The molecule has 0 spiro atoms. The minimum atomic E-state index is -0.00526. The maximum atomic E-state index is 12.3. The molecule has 0 bridgehead atoms. The molecule has 1 saturated heterocycles. The fraction of sp³-hybridized carbons (Fsp3) is 0.417. The second kappa shape index (κ2) is 9.28. The van der Waals surface area contributed by atoms with Crippen molar-refractivity contribution >= 4 is 24.0 Å². The molecule has 2 aromatic rings. The highest BCUT2D eigenvalue weighted by molar-refractivity contribution is 6.15. The van der Waals surface area contributed by atoms with Crippen LogP contribution in [-0.4, -0.2) is 75.9 Å². The van der Waals surface area contributed by atoms with Crippen molar-refractivity contribution in [3.05, 3.63) is 58.7 Å². The molecule has 2 aliphatic rings. The third-order valence-electron chi connectivity index (χ3n) is 6.10. The molecule has 2 heterocycles. The Morgan fingerprint density at radius 3 is 2.35 bits per heavy atom. The molecule has 0 radical (unpaired) electrons. The number of hydrogen-bond donors (Lipinski definition) is 0. The van der Waals surface area contributed by atoms with E-state index in [4.69, 9.17) is 14.5 Å². The van der Waals surface area contributed by atoms with Gasteiger partial charge in [0, 0.05) is 43.2 Å². The van der Waals surface area contributed by atoms with Gasteiger partial charge in [-0.15, -0.1) is 12.4 Å². The number of aliphatic imine (C=N–C) groups is 1. The van der Waals surface area contributed by atoms with Crippen molar-refractivity contribution in [2.45, 2.75) is 18.4 Å². The molecule has 0 aliphatic carbocycles. The molecule has 0 unspecified atom stereocenters. The topological polar surface area (TPSA) is 54.4 Å². The summed E-state index contributed by atoms with van der Waals surface area (Å²) in [5.74, 6) is 1.77. The molecule has 7 heteroatoms. The SMILES string of the molecule is COc1cc2c(cc1OC)[C@H]1CN(C)CC[C@H]1N=C2c1ccc(C(=O)N(C)C)cc1.Cl. The van der Waals surface area contributed by atoms with Crippen LogP contribution in [0.15, 0.2) is 41.4 Å². The number of likely N-dealkylation sites (N-methyl/N-ethyl adjacent to an activating group) is 1. The predicted octanol–water partition coefficient (Wildman–Crippen LogP) is 3.47. The van der Waals surface area contributed by atoms with Gasteiger partial charge in [-0.25, -0.2) is 0 Å². The Kier molecular flexibility index (Phi) is 6.92. The van der Waals surface area contributed by atoms with Crippen LogP contribution in [0, 0.1) is 0 Å². The van der Waals surface area contributed by atoms with Gasteiger partial charge in [-0.05, 0) is 49.8 Å². The van der Waals surface area contributed by atoms with E-state index in [0.717, 1.165) is 42.1 Å². The van der Waals surface area contributed by atoms with Gasteiger partial charge in [-0.3, -0.25) is 9.79 Å². The van der Waals surface area contributed by atoms with Gasteiger partial charge < -0.3 is 19.3 Å². The zero-order valence-corrected chi connectivity index (χ0v) is 19.5. The van der Waals surface area contributed by atoms with Crippen LogP contribution in [0.4, 0.5) is 0 Å². The lowest BCUT2D eigenvalue weighted by molar-refractivity contribution is 0.0827. The van der Waals surface area contributed by atoms with E-state index < -0.39 is 0 Å². The number of hydrogen-bond acceptors (Lipinski definition) is 5. The van der Waals surface area contributed by atoms with Gasteiger partial charge in [-0.2, -0.15) is 0 Å². The number of nitrogens with zero attached hydrogens (tertiary/aromatic N) is 3. The highest BCUT2D eigenvalue weighted by Crippen LogP contribution is 2.42. The summed E-state index contributed by atoms with van der Waals surface area (Å²) in [5.41, 5.74) is 4.97. The standard InChI is InChI=1S/C24H29N3O3.ClH/c1-26(2)24(28)16-8-6-15(7-9-16)23-18-13-22(30-5)21(29-4)12-17(18)19-14-27(3)11-10-20(19)25-23;/h6-9,12-13,19-20H,10-11,14H2,1-5H3;1H/t19-,20-;/m1./s1. The monoisotopic (exact) mass is 443 g/mol. The Labute approximate surface area is 190 Å². The Bertz CT molecular complexity index is 988. The average Bonchev–Trinajstić information content (AvgIpc) is 2.77. The number of halogens is 1. The van der Waals surface area contributed by atoms with Gasteiger partial charge in [0.2, 0.25) is 0 Å². The van der Waals surface area contributed by atoms with E-state index in [9.17, 15) is 4.79 Å². The quantitative estimate of drug-likeness (QED) is 0.726. The number of ether oxygens (including phenoxy) is 2. The summed E-state index contributed by atoms with van der Waals surface area (Å²) in [6.07, 6.45) is 1.02. The van der Waals surface area contributed by atoms with Crippen LogP contribution in [0.3, 0.4) is 0 Å². The highest BCUT2D eigenvalue weighted by atomic mass is 35.5. The number of methoxy groups -OCH3 is 2. The lowest BCUT2D eigenvalue weighted by Crippen LogP contribution is -2.41. The fourth-order valence-electron chi connectivity index (χ4n) is 4.46. The minimum Gasteiger partial charge on any atom is -0.493 e. The Balaban J connectivity index is 0.00000272. The molecule has 2 atom stereocenters. The molecule has 31 heavy (non-hydrogen) atoms. The number of likely N-dealkylation sites (tertiary alicyclic amines) is 1. The summed E-state index contributed by atoms with van der Waals surface area (Å²) >= 11 is 0. The maximum Gasteiger partial charge on any atom is 0.253 e. The van der Waals surface area contributed by atoms with Crippen molar-refractivity contribution in [1.29, 1.82) is 0 Å². The van der Waals surface area contributed by atoms with E-state index in [2.05, 4.69) is 18.0 Å². The molecule has 166 valence electrons. The van der Waals surface area contributed by atoms with Crippen LogP contribution in [0.2, 0.25) is 0 Å². The van der Waals surface area contributed by atoms with Crippen molar-refractivity contribution in [2.75, 3.05) is 48.5 Å². The first kappa shape index (κ1) is 23.1. The molecule has 0 aromatic heterocycles. The summed E-state index contributed by atoms with van der Waals surface area (Å²) < 4.78 is 11.2. The van der Waals surface area contributed by atoms with Gasteiger partial charge in [0.15, 0.2) is 11.5 Å². The first-order valence-corrected chi connectivity index (χ1v) is 10.3. The van der Waals surface area contributed by atoms with E-state index in [1.807, 2.05) is 30.3 Å². The van der Waals surface area contributed by atoms with Gasteiger partial charge in [0.1, 0.15) is 0 Å². The van der Waals surface area contributed by atoms with Gasteiger partial charge in [-0.1, -0.05) is 12.1 Å². The van der Waals surface area contributed by atoms with Gasteiger partial charge in [0.05, 0.1) is 26.0 Å². The van der Waals surface area contributed by atoms with Crippen LogP contribution < -0.4 is 9.47 Å². The van der Waals surface area contributed by atoms with Crippen molar-refractivity contribution in [1.82, 2.24) is 9.80 Å². The number of benzene rings is 2. The summed E-state index contributed by atoms with van der Waals surface area (Å²) in [4.78, 5) is 21.4. The second-order valence-electron chi connectivity index (χ2n) is 8.27. The molecule has 2 aromatic carbocycles. The van der Waals surface area contributed by atoms with Crippen molar-refractivity contribution in [2.24, 2.45) is 4.99 Å². The minimum absolute atomic E-state index is 0. The Hall–Kier alpha value is -2.57. The van der Waals surface area contributed by atoms with Crippen LogP contribution in [0.1, 0.15) is 39.4 Å². The van der Waals surface area contributed by atoms with E-state index in [1.54, 1.807) is 33.2 Å². The van der Waals surface area contributed by atoms with E-state index >= 15 is 0 Å². The summed E-state index contributed by atoms with van der Waals surface area (Å²) in [5, 5.41) is 0. The molecule has 4 rings (SSSR count). The van der Waals surface area contributed by atoms with Crippen molar-refractivity contribution < 1.29 is 14.3 Å². The third-order valence-corrected chi connectivity index (χ3v) is 6.10. The summed E-state index contributed by atoms with van der Waals surface area (Å²) in [7, 11) is 9.02. The molecule has 1 fully saturated rings. The number of piperidine rings is 1. The zero-order valence-electron chi connectivity index (χ0n) is 18.7. The Morgan fingerprint density at radius 1 is 1.10 bits per heavy atom. The molecule has 6 nitrogen and oxygen atoms in total. The molecule has 0 saturated carbocycles. The van der Waals surface area contributed by atoms with E-state index in [-0.39, 0.29) is 24.4 Å². The molecular formula is C24H30ClN3O3. The van der Waals surface area contributed by atoms with Gasteiger partial charge in [0.25, 0.3) is 5.91 Å². The molecule has 2 aliphatic heterocycles. The van der Waals surface area contributed by atoms with Crippen LogP contribution in [0.25, 0.3) is 0 Å². The van der Waals surface area contributed by atoms with Crippen LogP contribution in [0.5, 0.6) is 11.5 Å². The highest BCUT2D eigenvalue weighted by Gasteiger charge is 2.36. The molecule has 0 N–H and O–H groups in total.